The minimum atomic E-state index is -0.459. The molecule has 5 heteroatoms. The van der Waals surface area contributed by atoms with Crippen molar-refractivity contribution in [2.24, 2.45) is 7.05 Å². The maximum absolute atomic E-state index is 11.8. The van der Waals surface area contributed by atoms with E-state index >= 15 is 0 Å². The molecule has 1 aromatic rings. The van der Waals surface area contributed by atoms with Gasteiger partial charge in [0.2, 0.25) is 0 Å². The van der Waals surface area contributed by atoms with Gasteiger partial charge in [0.1, 0.15) is 5.60 Å². The van der Waals surface area contributed by atoms with Crippen molar-refractivity contribution in [3.63, 3.8) is 0 Å². The summed E-state index contributed by atoms with van der Waals surface area (Å²) in [5.74, 6) is 0. The molecule has 0 aromatic carbocycles. The summed E-state index contributed by atoms with van der Waals surface area (Å²) >= 11 is 0. The Kier molecular flexibility index (Phi) is 7.45. The Morgan fingerprint density at radius 1 is 1.41 bits per heavy atom. The van der Waals surface area contributed by atoms with Crippen LogP contribution in [-0.2, 0) is 18.3 Å². The van der Waals surface area contributed by atoms with Gasteiger partial charge < -0.3 is 19.9 Å². The molecule has 5 nitrogen and oxygen atoms in total. The third kappa shape index (κ3) is 7.50. The molecule has 2 N–H and O–H groups in total. The molecule has 1 heterocycles. The molecule has 0 spiro atoms. The summed E-state index contributed by atoms with van der Waals surface area (Å²) in [5.41, 5.74) is 0.776. The number of aromatic nitrogens is 1. The lowest BCUT2D eigenvalue weighted by Gasteiger charge is -2.23. The zero-order valence-corrected chi connectivity index (χ0v) is 14.6. The second kappa shape index (κ2) is 8.83. The molecule has 0 bridgehead atoms. The van der Waals surface area contributed by atoms with Gasteiger partial charge in [0, 0.05) is 38.1 Å². The predicted octanol–water partition coefficient (Wildman–Crippen LogP) is 3.20. The first-order chi connectivity index (χ1) is 10.3. The van der Waals surface area contributed by atoms with Gasteiger partial charge in [-0.05, 0) is 39.3 Å². The van der Waals surface area contributed by atoms with Crippen molar-refractivity contribution in [3.05, 3.63) is 24.0 Å². The minimum absolute atomic E-state index is 0.252. The van der Waals surface area contributed by atoms with Crippen molar-refractivity contribution in [1.29, 1.82) is 0 Å². The van der Waals surface area contributed by atoms with Crippen LogP contribution in [0.2, 0.25) is 0 Å². The smallest absolute Gasteiger partial charge is 0.407 e. The van der Waals surface area contributed by atoms with Gasteiger partial charge in [-0.3, -0.25) is 0 Å². The average Bonchev–Trinajstić information content (AvgIpc) is 2.81. The molecule has 0 aliphatic carbocycles. The zero-order chi connectivity index (χ0) is 16.6. The third-order valence-corrected chi connectivity index (χ3v) is 3.42. The van der Waals surface area contributed by atoms with Gasteiger partial charge in [0.05, 0.1) is 0 Å². The number of hydrogen-bond acceptors (Lipinski definition) is 3. The molecule has 0 radical (unpaired) electrons. The Hall–Kier alpha value is -1.49. The van der Waals surface area contributed by atoms with E-state index in [1.165, 1.54) is 5.69 Å². The summed E-state index contributed by atoms with van der Waals surface area (Å²) in [4.78, 5) is 11.8. The molecule has 0 fully saturated rings. The Bertz CT molecular complexity index is 449. The number of ether oxygens (including phenoxy) is 1. The maximum atomic E-state index is 11.8. The number of carbonyl (C=O) groups excluding carboxylic acids is 1. The largest absolute Gasteiger partial charge is 0.444 e. The highest BCUT2D eigenvalue weighted by Crippen LogP contribution is 2.07. The van der Waals surface area contributed by atoms with Crippen LogP contribution in [0.15, 0.2) is 18.3 Å². The van der Waals surface area contributed by atoms with E-state index in [-0.39, 0.29) is 12.1 Å². The predicted molar refractivity (Wildman–Crippen MR) is 89.8 cm³/mol. The molecule has 1 unspecified atom stereocenters. The van der Waals surface area contributed by atoms with E-state index in [4.69, 9.17) is 4.74 Å². The van der Waals surface area contributed by atoms with E-state index in [0.29, 0.717) is 6.54 Å². The minimum Gasteiger partial charge on any atom is -0.444 e. The number of aryl methyl sites for hydroxylation is 1. The fraction of sp³-hybridized carbons (Fsp3) is 0.706. The van der Waals surface area contributed by atoms with E-state index < -0.39 is 5.60 Å². The van der Waals surface area contributed by atoms with E-state index in [2.05, 4.69) is 28.2 Å². The molecular weight excluding hydrogens is 278 g/mol. The second-order valence-electron chi connectivity index (χ2n) is 6.71. The Morgan fingerprint density at radius 3 is 2.68 bits per heavy atom. The highest BCUT2D eigenvalue weighted by atomic mass is 16.6. The molecule has 1 atom stereocenters. The lowest BCUT2D eigenvalue weighted by molar-refractivity contribution is 0.0521. The van der Waals surface area contributed by atoms with Crippen molar-refractivity contribution in [2.75, 3.05) is 6.54 Å². The molecule has 0 aliphatic heterocycles. The van der Waals surface area contributed by atoms with Crippen LogP contribution in [0.1, 0.15) is 52.7 Å². The number of amides is 1. The van der Waals surface area contributed by atoms with E-state index in [9.17, 15) is 4.79 Å². The molecule has 22 heavy (non-hydrogen) atoms. The van der Waals surface area contributed by atoms with Crippen molar-refractivity contribution < 1.29 is 9.53 Å². The van der Waals surface area contributed by atoms with Crippen LogP contribution >= 0.6 is 0 Å². The topological polar surface area (TPSA) is 55.3 Å². The maximum Gasteiger partial charge on any atom is 0.407 e. The van der Waals surface area contributed by atoms with Crippen molar-refractivity contribution in [1.82, 2.24) is 15.2 Å². The SMILES string of the molecule is CCCCC(CNC(=O)OC(C)(C)C)NCc1cccn1C. The number of nitrogens with one attached hydrogen (secondary N) is 2. The number of nitrogens with zero attached hydrogens (tertiary/aromatic N) is 1. The fourth-order valence-corrected chi connectivity index (χ4v) is 2.18. The van der Waals surface area contributed by atoms with Gasteiger partial charge in [-0.25, -0.2) is 4.79 Å². The van der Waals surface area contributed by atoms with Gasteiger partial charge in [-0.2, -0.15) is 0 Å². The summed E-state index contributed by atoms with van der Waals surface area (Å²) in [6, 6.07) is 4.39. The van der Waals surface area contributed by atoms with Crippen LogP contribution in [-0.4, -0.2) is 28.8 Å². The van der Waals surface area contributed by atoms with Gasteiger partial charge in [0.25, 0.3) is 0 Å². The van der Waals surface area contributed by atoms with Crippen LogP contribution in [0.4, 0.5) is 4.79 Å². The standard InChI is InChI=1S/C17H31N3O2/c1-6-7-9-14(12-19-16(21)22-17(2,3)4)18-13-15-10-8-11-20(15)5/h8,10-11,14,18H,6-7,9,12-13H2,1-5H3,(H,19,21). The van der Waals surface area contributed by atoms with Crippen LogP contribution in [0.25, 0.3) is 0 Å². The Balaban J connectivity index is 2.43. The molecule has 0 saturated carbocycles. The summed E-state index contributed by atoms with van der Waals surface area (Å²) in [6.45, 7) is 9.17. The quantitative estimate of drug-likeness (QED) is 0.775. The van der Waals surface area contributed by atoms with Crippen molar-refractivity contribution in [2.45, 2.75) is 65.1 Å². The van der Waals surface area contributed by atoms with E-state index in [1.54, 1.807) is 0 Å². The molecule has 0 aliphatic rings. The van der Waals surface area contributed by atoms with Crippen LogP contribution in [0.5, 0.6) is 0 Å². The number of unbranched alkanes of at least 4 members (excludes halogenated alkanes) is 1. The van der Waals surface area contributed by atoms with Crippen molar-refractivity contribution in [3.8, 4) is 0 Å². The average molecular weight is 309 g/mol. The Labute approximate surface area is 134 Å². The summed E-state index contributed by atoms with van der Waals surface area (Å²) in [6.07, 6.45) is 5.01. The van der Waals surface area contributed by atoms with E-state index in [1.807, 2.05) is 40.1 Å². The summed E-state index contributed by atoms with van der Waals surface area (Å²) < 4.78 is 7.38. The van der Waals surface area contributed by atoms with Crippen LogP contribution < -0.4 is 10.6 Å². The number of rotatable bonds is 8. The number of hydrogen-bond donors (Lipinski definition) is 2. The van der Waals surface area contributed by atoms with Crippen LogP contribution in [0.3, 0.4) is 0 Å². The van der Waals surface area contributed by atoms with Gasteiger partial charge >= 0.3 is 6.09 Å². The molecule has 1 amide bonds. The first-order valence-electron chi connectivity index (χ1n) is 8.12. The molecular formula is C17H31N3O2. The lowest BCUT2D eigenvalue weighted by Crippen LogP contribution is -2.42. The number of carbonyl (C=O) groups is 1. The van der Waals surface area contributed by atoms with Gasteiger partial charge in [-0.15, -0.1) is 0 Å². The first kappa shape index (κ1) is 18.6. The molecule has 1 rings (SSSR count). The first-order valence-corrected chi connectivity index (χ1v) is 8.12. The fourth-order valence-electron chi connectivity index (χ4n) is 2.18. The number of alkyl carbamates (subject to hydrolysis) is 1. The highest BCUT2D eigenvalue weighted by molar-refractivity contribution is 5.67. The summed E-state index contributed by atoms with van der Waals surface area (Å²) in [5, 5.41) is 6.39. The van der Waals surface area contributed by atoms with E-state index in [0.717, 1.165) is 25.8 Å². The lowest BCUT2D eigenvalue weighted by atomic mass is 10.1. The second-order valence-corrected chi connectivity index (χ2v) is 6.71. The van der Waals surface area contributed by atoms with Gasteiger partial charge in [-0.1, -0.05) is 19.8 Å². The van der Waals surface area contributed by atoms with Crippen LogP contribution in [0, 0.1) is 0 Å². The Morgan fingerprint density at radius 2 is 2.14 bits per heavy atom. The van der Waals surface area contributed by atoms with Gasteiger partial charge in [0.15, 0.2) is 0 Å². The zero-order valence-electron chi connectivity index (χ0n) is 14.6. The van der Waals surface area contributed by atoms with Crippen molar-refractivity contribution >= 4 is 6.09 Å². The third-order valence-electron chi connectivity index (χ3n) is 3.42. The monoisotopic (exact) mass is 309 g/mol. The molecule has 0 saturated heterocycles. The highest BCUT2D eigenvalue weighted by Gasteiger charge is 2.17. The summed E-state index contributed by atoms with van der Waals surface area (Å²) in [7, 11) is 2.04. The molecule has 1 aromatic heterocycles. The molecule has 126 valence electrons. The normalized spacial score (nSPS) is 13.0.